The minimum absolute atomic E-state index is 0.276. The molecule has 7 heteroatoms. The van der Waals surface area contributed by atoms with Crippen LogP contribution in [-0.4, -0.2) is 37.1 Å². The van der Waals surface area contributed by atoms with Crippen molar-refractivity contribution in [2.75, 3.05) is 20.1 Å². The van der Waals surface area contributed by atoms with Gasteiger partial charge < -0.3 is 10.2 Å². The highest BCUT2D eigenvalue weighted by molar-refractivity contribution is 5.77. The van der Waals surface area contributed by atoms with E-state index in [1.807, 2.05) is 6.07 Å². The maximum Gasteiger partial charge on any atom is 0.401 e. The van der Waals surface area contributed by atoms with Gasteiger partial charge in [0.25, 0.3) is 0 Å². The summed E-state index contributed by atoms with van der Waals surface area (Å²) in [6.45, 7) is -1.28. The molecule has 0 unspecified atom stereocenters. The smallest absolute Gasteiger partial charge is 0.340 e. The second-order valence-electron chi connectivity index (χ2n) is 4.28. The molecular formula is C13H14F3N3O. The fourth-order valence-electron chi connectivity index (χ4n) is 1.49. The zero-order chi connectivity index (χ0) is 15.2. The number of nitrogens with one attached hydrogen (secondary N) is 1. The topological polar surface area (TPSA) is 56.1 Å². The van der Waals surface area contributed by atoms with Gasteiger partial charge in [0, 0.05) is 13.6 Å². The first-order valence-electron chi connectivity index (χ1n) is 5.82. The summed E-state index contributed by atoms with van der Waals surface area (Å²) >= 11 is 0. The van der Waals surface area contributed by atoms with Gasteiger partial charge in [0.15, 0.2) is 0 Å². The molecular weight excluding hydrogens is 271 g/mol. The monoisotopic (exact) mass is 285 g/mol. The number of benzene rings is 1. The molecule has 1 N–H and O–H groups in total. The van der Waals surface area contributed by atoms with Crippen molar-refractivity contribution in [3.8, 4) is 6.07 Å². The molecule has 4 nitrogen and oxygen atoms in total. The molecule has 0 aliphatic carbocycles. The number of amides is 1. The number of nitriles is 1. The highest BCUT2D eigenvalue weighted by Gasteiger charge is 2.26. The van der Waals surface area contributed by atoms with Crippen LogP contribution in [0.3, 0.4) is 0 Å². The van der Waals surface area contributed by atoms with Crippen LogP contribution in [0.15, 0.2) is 24.3 Å². The van der Waals surface area contributed by atoms with Crippen molar-refractivity contribution in [1.82, 2.24) is 10.2 Å². The number of nitrogens with zero attached hydrogens (tertiary/aromatic N) is 2. The predicted octanol–water partition coefficient (Wildman–Crippen LogP) is 1.67. The third kappa shape index (κ3) is 5.71. The summed E-state index contributed by atoms with van der Waals surface area (Å²) in [5.74, 6) is -0.432. The Hall–Kier alpha value is -2.07. The maximum atomic E-state index is 11.9. The van der Waals surface area contributed by atoms with E-state index in [-0.39, 0.29) is 13.1 Å². The van der Waals surface area contributed by atoms with Crippen molar-refractivity contribution in [2.24, 2.45) is 0 Å². The lowest BCUT2D eigenvalue weighted by Gasteiger charge is -2.18. The second-order valence-corrected chi connectivity index (χ2v) is 4.28. The summed E-state index contributed by atoms with van der Waals surface area (Å²) < 4.78 is 35.7. The summed E-state index contributed by atoms with van der Waals surface area (Å²) in [4.78, 5) is 12.9. The van der Waals surface area contributed by atoms with E-state index >= 15 is 0 Å². The molecule has 0 saturated carbocycles. The van der Waals surface area contributed by atoms with Gasteiger partial charge in [-0.05, 0) is 17.7 Å². The van der Waals surface area contributed by atoms with Crippen LogP contribution in [-0.2, 0) is 11.3 Å². The Morgan fingerprint density at radius 2 is 1.95 bits per heavy atom. The molecule has 1 aromatic carbocycles. The zero-order valence-electron chi connectivity index (χ0n) is 10.9. The lowest BCUT2D eigenvalue weighted by molar-refractivity contribution is -0.133. The van der Waals surface area contributed by atoms with Crippen LogP contribution in [0.1, 0.15) is 11.1 Å². The normalized spacial score (nSPS) is 10.9. The molecule has 0 aliphatic heterocycles. The van der Waals surface area contributed by atoms with Gasteiger partial charge in [-0.25, -0.2) is 0 Å². The predicted molar refractivity (Wildman–Crippen MR) is 66.6 cm³/mol. The van der Waals surface area contributed by atoms with E-state index in [0.717, 1.165) is 5.56 Å². The molecule has 0 fully saturated rings. The fourth-order valence-corrected chi connectivity index (χ4v) is 1.49. The van der Waals surface area contributed by atoms with E-state index in [2.05, 4.69) is 5.32 Å². The first kappa shape index (κ1) is 16.0. The van der Waals surface area contributed by atoms with Gasteiger partial charge in [0.05, 0.1) is 24.7 Å². The average Bonchev–Trinajstić information content (AvgIpc) is 2.38. The van der Waals surface area contributed by atoms with Crippen LogP contribution < -0.4 is 5.32 Å². The fraction of sp³-hybridized carbons (Fsp3) is 0.385. The number of hydrogen-bond donors (Lipinski definition) is 1. The molecule has 1 rings (SSSR count). The lowest BCUT2D eigenvalue weighted by Crippen LogP contribution is -2.38. The van der Waals surface area contributed by atoms with Crippen molar-refractivity contribution < 1.29 is 18.0 Å². The van der Waals surface area contributed by atoms with Crippen molar-refractivity contribution in [3.05, 3.63) is 35.4 Å². The van der Waals surface area contributed by atoms with Crippen LogP contribution in [0, 0.1) is 11.3 Å². The molecule has 0 radical (unpaired) electrons. The van der Waals surface area contributed by atoms with Crippen molar-refractivity contribution in [3.63, 3.8) is 0 Å². The lowest BCUT2D eigenvalue weighted by atomic mass is 10.1. The van der Waals surface area contributed by atoms with E-state index < -0.39 is 18.6 Å². The number of halogens is 3. The molecule has 0 atom stereocenters. The first-order chi connectivity index (χ1) is 9.31. The maximum absolute atomic E-state index is 11.9. The molecule has 0 aromatic heterocycles. The standard InChI is InChI=1S/C13H14F3N3O/c1-19(12(20)7-18-9-13(14,15)16)8-11-4-2-10(6-17)3-5-11/h2-5,18H,7-9H2,1H3. The molecule has 0 heterocycles. The summed E-state index contributed by atoms with van der Waals surface area (Å²) in [6.07, 6.45) is -4.33. The molecule has 0 saturated heterocycles. The van der Waals surface area contributed by atoms with E-state index in [1.165, 1.54) is 11.9 Å². The van der Waals surface area contributed by atoms with Gasteiger partial charge in [0.1, 0.15) is 0 Å². The Kier molecular flexibility index (Phi) is 5.53. The first-order valence-corrected chi connectivity index (χ1v) is 5.82. The number of likely N-dealkylation sites (N-methyl/N-ethyl adjacent to an activating group) is 1. The highest BCUT2D eigenvalue weighted by atomic mass is 19.4. The summed E-state index contributed by atoms with van der Waals surface area (Å²) in [6, 6.07) is 8.62. The Balaban J connectivity index is 2.43. The van der Waals surface area contributed by atoms with Crippen LogP contribution in [0.4, 0.5) is 13.2 Å². The van der Waals surface area contributed by atoms with Gasteiger partial charge in [0.2, 0.25) is 5.91 Å². The largest absolute Gasteiger partial charge is 0.401 e. The molecule has 108 valence electrons. The van der Waals surface area contributed by atoms with Crippen LogP contribution >= 0.6 is 0 Å². The molecule has 0 bridgehead atoms. The van der Waals surface area contributed by atoms with E-state index in [0.29, 0.717) is 5.56 Å². The van der Waals surface area contributed by atoms with Crippen molar-refractivity contribution in [1.29, 1.82) is 5.26 Å². The average molecular weight is 285 g/mol. The van der Waals surface area contributed by atoms with E-state index in [1.54, 1.807) is 24.3 Å². The van der Waals surface area contributed by atoms with Gasteiger partial charge in [-0.2, -0.15) is 18.4 Å². The molecule has 1 aromatic rings. The molecule has 20 heavy (non-hydrogen) atoms. The van der Waals surface area contributed by atoms with Crippen LogP contribution in [0.5, 0.6) is 0 Å². The van der Waals surface area contributed by atoms with Crippen LogP contribution in [0.25, 0.3) is 0 Å². The van der Waals surface area contributed by atoms with Gasteiger partial charge >= 0.3 is 6.18 Å². The Morgan fingerprint density at radius 3 is 2.45 bits per heavy atom. The number of hydrogen-bond acceptors (Lipinski definition) is 3. The summed E-state index contributed by atoms with van der Waals surface area (Å²) in [7, 11) is 1.51. The van der Waals surface area contributed by atoms with Crippen LogP contribution in [0.2, 0.25) is 0 Å². The van der Waals surface area contributed by atoms with Gasteiger partial charge in [-0.1, -0.05) is 12.1 Å². The summed E-state index contributed by atoms with van der Waals surface area (Å²) in [5, 5.41) is 10.7. The van der Waals surface area contributed by atoms with Gasteiger partial charge in [-0.15, -0.1) is 0 Å². The quantitative estimate of drug-likeness (QED) is 0.895. The van der Waals surface area contributed by atoms with Gasteiger partial charge in [-0.3, -0.25) is 4.79 Å². The number of alkyl halides is 3. The van der Waals surface area contributed by atoms with E-state index in [4.69, 9.17) is 5.26 Å². The molecule has 0 spiro atoms. The molecule has 0 aliphatic rings. The number of carbonyl (C=O) groups is 1. The van der Waals surface area contributed by atoms with Crippen molar-refractivity contribution >= 4 is 5.91 Å². The minimum atomic E-state index is -4.33. The SMILES string of the molecule is CN(Cc1ccc(C#N)cc1)C(=O)CNCC(F)(F)F. The number of rotatable bonds is 5. The van der Waals surface area contributed by atoms with E-state index in [9.17, 15) is 18.0 Å². The third-order valence-corrected chi connectivity index (χ3v) is 2.53. The Labute approximate surface area is 114 Å². The summed E-state index contributed by atoms with van der Waals surface area (Å²) in [5.41, 5.74) is 1.31. The molecule has 1 amide bonds. The minimum Gasteiger partial charge on any atom is -0.340 e. The Bertz CT molecular complexity index is 491. The third-order valence-electron chi connectivity index (χ3n) is 2.53. The van der Waals surface area contributed by atoms with Crippen molar-refractivity contribution in [2.45, 2.75) is 12.7 Å². The zero-order valence-corrected chi connectivity index (χ0v) is 10.9. The number of carbonyl (C=O) groups excluding carboxylic acids is 1. The second kappa shape index (κ2) is 6.91. The Morgan fingerprint density at radius 1 is 1.35 bits per heavy atom. The highest BCUT2D eigenvalue weighted by Crippen LogP contribution is 2.12.